The Morgan fingerprint density at radius 1 is 1.09 bits per heavy atom. The molecular weight excluding hydrogens is 295 g/mol. The normalized spacial score (nSPS) is 14.9. The summed E-state index contributed by atoms with van der Waals surface area (Å²) in [5.41, 5.74) is 1.97. The second-order valence-electron chi connectivity index (χ2n) is 5.49. The van der Waals surface area contributed by atoms with Gasteiger partial charge in [0, 0.05) is 43.9 Å². The largest absolute Gasteiger partial charge is 0.368 e. The molecule has 1 saturated heterocycles. The lowest BCUT2D eigenvalue weighted by Crippen LogP contribution is -2.48. The highest BCUT2D eigenvalue weighted by atomic mass is 19.1. The minimum atomic E-state index is -0.440. The van der Waals surface area contributed by atoms with Crippen LogP contribution in [0.15, 0.2) is 36.7 Å². The van der Waals surface area contributed by atoms with E-state index in [1.807, 2.05) is 36.1 Å². The van der Waals surface area contributed by atoms with Gasteiger partial charge in [0.1, 0.15) is 0 Å². The summed E-state index contributed by atoms with van der Waals surface area (Å²) in [6.07, 6.45) is 2.90. The summed E-state index contributed by atoms with van der Waals surface area (Å²) in [7, 11) is 0. The molecule has 1 fully saturated rings. The Morgan fingerprint density at radius 2 is 1.70 bits per heavy atom. The van der Waals surface area contributed by atoms with E-state index in [-0.39, 0.29) is 5.91 Å². The smallest absolute Gasteiger partial charge is 0.222 e. The van der Waals surface area contributed by atoms with E-state index >= 15 is 0 Å². The molecule has 0 saturated carbocycles. The maximum absolute atomic E-state index is 12.9. The second kappa shape index (κ2) is 6.73. The summed E-state index contributed by atoms with van der Waals surface area (Å²) >= 11 is 0. The number of carbonyl (C=O) groups excluding carboxylic acids is 1. The molecule has 1 aliphatic heterocycles. The molecule has 1 aromatic carbocycles. The van der Waals surface area contributed by atoms with Crippen molar-refractivity contribution in [3.8, 4) is 11.4 Å². The van der Waals surface area contributed by atoms with Crippen molar-refractivity contribution in [3.63, 3.8) is 0 Å². The molecule has 0 bridgehead atoms. The molecule has 3 rings (SSSR count). The van der Waals surface area contributed by atoms with E-state index < -0.39 is 5.82 Å². The average molecular weight is 314 g/mol. The monoisotopic (exact) mass is 314 g/mol. The van der Waals surface area contributed by atoms with Crippen LogP contribution < -0.4 is 4.90 Å². The number of aromatic nitrogens is 2. The van der Waals surface area contributed by atoms with Crippen molar-refractivity contribution < 1.29 is 9.18 Å². The summed E-state index contributed by atoms with van der Waals surface area (Å²) in [5.74, 6) is 0.287. The third-order valence-corrected chi connectivity index (χ3v) is 4.05. The van der Waals surface area contributed by atoms with Crippen LogP contribution in [0.4, 0.5) is 10.1 Å². The number of carbonyl (C=O) groups is 1. The van der Waals surface area contributed by atoms with Gasteiger partial charge in [-0.2, -0.15) is 0 Å². The molecule has 5 nitrogen and oxygen atoms in total. The Labute approximate surface area is 134 Å². The molecule has 6 heteroatoms. The predicted octanol–water partition coefficient (Wildman–Crippen LogP) is 2.34. The Balaban J connectivity index is 1.66. The molecule has 2 heterocycles. The molecule has 0 aliphatic carbocycles. The molecule has 0 radical (unpaired) electrons. The first-order valence-corrected chi connectivity index (χ1v) is 7.78. The molecule has 23 heavy (non-hydrogen) atoms. The first kappa shape index (κ1) is 15.4. The van der Waals surface area contributed by atoms with Gasteiger partial charge in [-0.05, 0) is 24.3 Å². The van der Waals surface area contributed by atoms with Crippen molar-refractivity contribution >= 4 is 11.6 Å². The molecule has 120 valence electrons. The third kappa shape index (κ3) is 3.47. The molecule has 1 aliphatic rings. The van der Waals surface area contributed by atoms with Crippen molar-refractivity contribution in [2.45, 2.75) is 13.3 Å². The van der Waals surface area contributed by atoms with E-state index in [2.05, 4.69) is 14.9 Å². The van der Waals surface area contributed by atoms with Crippen molar-refractivity contribution in [2.24, 2.45) is 0 Å². The van der Waals surface area contributed by atoms with Gasteiger partial charge >= 0.3 is 0 Å². The van der Waals surface area contributed by atoms with Crippen molar-refractivity contribution in [1.82, 2.24) is 14.9 Å². The second-order valence-corrected chi connectivity index (χ2v) is 5.49. The van der Waals surface area contributed by atoms with Crippen LogP contribution in [0.2, 0.25) is 0 Å². The Kier molecular flexibility index (Phi) is 4.50. The van der Waals surface area contributed by atoms with Gasteiger partial charge in [0.2, 0.25) is 5.91 Å². The van der Waals surface area contributed by atoms with Gasteiger partial charge in [-0.3, -0.25) is 4.79 Å². The first-order valence-electron chi connectivity index (χ1n) is 7.78. The van der Waals surface area contributed by atoms with Crippen LogP contribution in [0.25, 0.3) is 11.4 Å². The quantitative estimate of drug-likeness (QED) is 0.872. The molecule has 2 aromatic rings. The number of amides is 1. The van der Waals surface area contributed by atoms with Gasteiger partial charge < -0.3 is 9.80 Å². The van der Waals surface area contributed by atoms with Crippen LogP contribution in [-0.4, -0.2) is 47.0 Å². The molecule has 0 N–H and O–H groups in total. The summed E-state index contributed by atoms with van der Waals surface area (Å²) in [5, 5.41) is 0. The Morgan fingerprint density at radius 3 is 2.26 bits per heavy atom. The van der Waals surface area contributed by atoms with Crippen LogP contribution in [0.5, 0.6) is 0 Å². The Hall–Kier alpha value is -2.50. The summed E-state index contributed by atoms with van der Waals surface area (Å²) in [6.45, 7) is 5.08. The third-order valence-electron chi connectivity index (χ3n) is 4.05. The lowest BCUT2D eigenvalue weighted by molar-refractivity contribution is -0.131. The van der Waals surface area contributed by atoms with E-state index in [4.69, 9.17) is 0 Å². The highest BCUT2D eigenvalue weighted by Crippen LogP contribution is 2.21. The Bertz CT molecular complexity index is 664. The molecule has 1 amide bonds. The van der Waals surface area contributed by atoms with Gasteiger partial charge in [0.25, 0.3) is 0 Å². The number of rotatable bonds is 3. The maximum Gasteiger partial charge on any atom is 0.222 e. The fourth-order valence-electron chi connectivity index (χ4n) is 2.72. The number of benzene rings is 1. The van der Waals surface area contributed by atoms with Crippen molar-refractivity contribution in [2.75, 3.05) is 31.1 Å². The molecule has 0 spiro atoms. The highest BCUT2D eigenvalue weighted by Gasteiger charge is 2.20. The molecule has 0 atom stereocenters. The number of anilines is 1. The van der Waals surface area contributed by atoms with Crippen molar-refractivity contribution in [3.05, 3.63) is 42.5 Å². The van der Waals surface area contributed by atoms with Crippen LogP contribution in [0.3, 0.4) is 0 Å². The van der Waals surface area contributed by atoms with E-state index in [0.29, 0.717) is 12.2 Å². The minimum Gasteiger partial charge on any atom is -0.368 e. The number of halogens is 1. The summed E-state index contributed by atoms with van der Waals surface area (Å²) < 4.78 is 12.9. The predicted molar refractivity (Wildman–Crippen MR) is 86.5 cm³/mol. The number of piperazine rings is 1. The van der Waals surface area contributed by atoms with E-state index in [9.17, 15) is 9.18 Å². The van der Waals surface area contributed by atoms with Crippen LogP contribution in [-0.2, 0) is 4.79 Å². The van der Waals surface area contributed by atoms with Gasteiger partial charge in [0.15, 0.2) is 11.6 Å². The van der Waals surface area contributed by atoms with Gasteiger partial charge in [0.05, 0.1) is 12.4 Å². The van der Waals surface area contributed by atoms with Gasteiger partial charge in [-0.25, -0.2) is 14.4 Å². The van der Waals surface area contributed by atoms with E-state index in [1.54, 1.807) is 0 Å². The van der Waals surface area contributed by atoms with Crippen LogP contribution >= 0.6 is 0 Å². The molecule has 1 aromatic heterocycles. The fourth-order valence-corrected chi connectivity index (χ4v) is 2.72. The summed E-state index contributed by atoms with van der Waals surface area (Å²) in [4.78, 5) is 23.8. The zero-order valence-corrected chi connectivity index (χ0v) is 13.1. The number of hydrogen-bond acceptors (Lipinski definition) is 4. The number of hydrogen-bond donors (Lipinski definition) is 0. The molecular formula is C17H19FN4O. The SMILES string of the molecule is CCC(=O)N1CCN(c2ccc(-c3ncc(F)cn3)cc2)CC1. The minimum absolute atomic E-state index is 0.216. The fraction of sp³-hybridized carbons (Fsp3) is 0.353. The number of nitrogens with zero attached hydrogens (tertiary/aromatic N) is 4. The topological polar surface area (TPSA) is 49.3 Å². The van der Waals surface area contributed by atoms with Gasteiger partial charge in [-0.15, -0.1) is 0 Å². The van der Waals surface area contributed by atoms with Gasteiger partial charge in [-0.1, -0.05) is 6.92 Å². The van der Waals surface area contributed by atoms with Crippen LogP contribution in [0.1, 0.15) is 13.3 Å². The molecule has 0 unspecified atom stereocenters. The summed E-state index contributed by atoms with van der Waals surface area (Å²) in [6, 6.07) is 7.90. The van der Waals surface area contributed by atoms with E-state index in [0.717, 1.165) is 37.4 Å². The zero-order chi connectivity index (χ0) is 16.2. The lowest BCUT2D eigenvalue weighted by Gasteiger charge is -2.36. The highest BCUT2D eigenvalue weighted by molar-refractivity contribution is 5.76. The first-order chi connectivity index (χ1) is 11.2. The van der Waals surface area contributed by atoms with Crippen molar-refractivity contribution in [1.29, 1.82) is 0 Å². The van der Waals surface area contributed by atoms with Crippen LogP contribution in [0, 0.1) is 5.82 Å². The lowest BCUT2D eigenvalue weighted by atomic mass is 10.1. The zero-order valence-electron chi connectivity index (χ0n) is 13.1. The maximum atomic E-state index is 12.9. The standard InChI is InChI=1S/C17H19FN4O/c1-2-16(23)22-9-7-21(8-10-22)15-5-3-13(4-6-15)17-19-11-14(18)12-20-17/h3-6,11-12H,2,7-10H2,1H3. The van der Waals surface area contributed by atoms with E-state index in [1.165, 1.54) is 12.4 Å². The average Bonchev–Trinajstić information content (AvgIpc) is 2.62.